The first-order chi connectivity index (χ1) is 9.85. The Morgan fingerprint density at radius 2 is 1.41 bits per heavy atom. The molecule has 0 atom stereocenters. The quantitative estimate of drug-likeness (QED) is 0.428. The number of allylic oxidation sites excluding steroid dienone is 4. The van der Waals surface area contributed by atoms with E-state index in [1.54, 1.807) is 11.1 Å². The van der Waals surface area contributed by atoms with Crippen molar-refractivity contribution in [3.05, 3.63) is 22.3 Å². The van der Waals surface area contributed by atoms with Gasteiger partial charge in [-0.05, 0) is 66.0 Å². The molecule has 22 heavy (non-hydrogen) atoms. The SMILES string of the molecule is CCCCC1([Si](C)(C)N(S)C(C)(C)C)C(C)=C(C)C(C)=C1C. The lowest BCUT2D eigenvalue weighted by Crippen LogP contribution is -2.60. The Balaban J connectivity index is 3.56. The maximum Gasteiger partial charge on any atom is 0.148 e. The van der Waals surface area contributed by atoms with E-state index in [1.165, 1.54) is 30.4 Å². The van der Waals surface area contributed by atoms with E-state index in [0.29, 0.717) is 0 Å². The smallest absolute Gasteiger partial charge is 0.148 e. The van der Waals surface area contributed by atoms with E-state index in [0.717, 1.165) is 0 Å². The van der Waals surface area contributed by atoms with E-state index >= 15 is 0 Å². The molecule has 0 aliphatic heterocycles. The summed E-state index contributed by atoms with van der Waals surface area (Å²) >= 11 is 5.03. The van der Waals surface area contributed by atoms with Gasteiger partial charge in [-0.25, -0.2) is 0 Å². The van der Waals surface area contributed by atoms with Crippen molar-refractivity contribution in [1.82, 2.24) is 3.97 Å². The first-order valence-electron chi connectivity index (χ1n) is 8.71. The minimum Gasteiger partial charge on any atom is -0.268 e. The fraction of sp³-hybridized carbons (Fsp3) is 0.789. The second-order valence-corrected chi connectivity index (χ2v) is 13.7. The third kappa shape index (κ3) is 2.89. The zero-order valence-electron chi connectivity index (χ0n) is 16.5. The van der Waals surface area contributed by atoms with Crippen molar-refractivity contribution in [2.24, 2.45) is 0 Å². The Bertz CT molecular complexity index is 470. The van der Waals surface area contributed by atoms with Crippen LogP contribution in [0.4, 0.5) is 0 Å². The van der Waals surface area contributed by atoms with Crippen molar-refractivity contribution in [2.45, 2.75) is 98.3 Å². The maximum absolute atomic E-state index is 5.03. The van der Waals surface area contributed by atoms with Crippen molar-refractivity contribution in [2.75, 3.05) is 0 Å². The van der Waals surface area contributed by atoms with E-state index < -0.39 is 8.24 Å². The predicted molar refractivity (Wildman–Crippen MR) is 107 cm³/mol. The third-order valence-corrected chi connectivity index (χ3v) is 13.0. The third-order valence-electron chi connectivity index (χ3n) is 6.08. The van der Waals surface area contributed by atoms with Gasteiger partial charge in [-0.1, -0.05) is 44.0 Å². The summed E-state index contributed by atoms with van der Waals surface area (Å²) in [6.45, 7) is 23.6. The van der Waals surface area contributed by atoms with Gasteiger partial charge < -0.3 is 0 Å². The molecule has 0 spiro atoms. The summed E-state index contributed by atoms with van der Waals surface area (Å²) in [5, 5.41) is 0.228. The molecule has 0 aromatic rings. The highest BCUT2D eigenvalue weighted by Crippen LogP contribution is 2.62. The van der Waals surface area contributed by atoms with Gasteiger partial charge >= 0.3 is 0 Å². The van der Waals surface area contributed by atoms with E-state index in [2.05, 4.69) is 72.5 Å². The molecule has 0 unspecified atom stereocenters. The predicted octanol–water partition coefficient (Wildman–Crippen LogP) is 6.75. The standard InChI is InChI=1S/C19H37NSSi/c1-11-12-13-19(16(4)14(2)15(3)17(19)5)22(9,10)20(21)18(6,7)8/h21H,11-13H2,1-10H3. The molecular weight excluding hydrogens is 302 g/mol. The van der Waals surface area contributed by atoms with Crippen molar-refractivity contribution in [3.8, 4) is 0 Å². The number of hydrogen-bond acceptors (Lipinski definition) is 2. The molecule has 0 aromatic heterocycles. The van der Waals surface area contributed by atoms with Crippen LogP contribution >= 0.6 is 12.8 Å². The molecule has 0 amide bonds. The zero-order chi connectivity index (χ0) is 17.5. The van der Waals surface area contributed by atoms with E-state index in [1.807, 2.05) is 0 Å². The van der Waals surface area contributed by atoms with Crippen LogP contribution in [0.5, 0.6) is 0 Å². The average molecular weight is 340 g/mol. The summed E-state index contributed by atoms with van der Waals surface area (Å²) in [6, 6.07) is 0. The van der Waals surface area contributed by atoms with E-state index in [9.17, 15) is 0 Å². The van der Waals surface area contributed by atoms with Gasteiger partial charge in [0.15, 0.2) is 0 Å². The Morgan fingerprint density at radius 1 is 1.00 bits per heavy atom. The summed E-state index contributed by atoms with van der Waals surface area (Å²) in [5.74, 6) is 0. The van der Waals surface area contributed by atoms with Crippen LogP contribution in [0.1, 0.15) is 74.7 Å². The number of unbranched alkanes of at least 4 members (excludes halogenated alkanes) is 1. The highest BCUT2D eigenvalue weighted by molar-refractivity contribution is 7.79. The molecule has 0 radical (unpaired) electrons. The first-order valence-corrected chi connectivity index (χ1v) is 12.1. The van der Waals surface area contributed by atoms with Gasteiger partial charge in [0.25, 0.3) is 0 Å². The zero-order valence-corrected chi connectivity index (χ0v) is 18.4. The van der Waals surface area contributed by atoms with Crippen LogP contribution in [-0.4, -0.2) is 17.7 Å². The number of nitrogens with zero attached hydrogens (tertiary/aromatic N) is 1. The molecule has 1 rings (SSSR count). The van der Waals surface area contributed by atoms with Crippen LogP contribution in [0.2, 0.25) is 18.1 Å². The summed E-state index contributed by atoms with van der Waals surface area (Å²) in [6.07, 6.45) is 3.81. The van der Waals surface area contributed by atoms with Crippen molar-refractivity contribution >= 4 is 21.1 Å². The maximum atomic E-state index is 5.03. The van der Waals surface area contributed by atoms with Crippen molar-refractivity contribution in [1.29, 1.82) is 0 Å². The minimum absolute atomic E-state index is 0.0863. The molecule has 128 valence electrons. The van der Waals surface area contributed by atoms with Crippen LogP contribution in [0, 0.1) is 0 Å². The first kappa shape index (κ1) is 20.1. The summed E-state index contributed by atoms with van der Waals surface area (Å²) in [5.41, 5.74) is 6.34. The average Bonchev–Trinajstić information content (AvgIpc) is 2.58. The fourth-order valence-corrected chi connectivity index (χ4v) is 10.1. The van der Waals surface area contributed by atoms with E-state index in [4.69, 9.17) is 12.8 Å². The number of hydrogen-bond donors (Lipinski definition) is 1. The van der Waals surface area contributed by atoms with Crippen LogP contribution in [-0.2, 0) is 0 Å². The molecule has 1 nitrogen and oxygen atoms in total. The summed E-state index contributed by atoms with van der Waals surface area (Å²) in [4.78, 5) is 0. The van der Waals surface area contributed by atoms with Gasteiger partial charge in [-0.15, -0.1) is 12.8 Å². The topological polar surface area (TPSA) is 3.24 Å². The molecular formula is C19H37NSSi. The van der Waals surface area contributed by atoms with Gasteiger partial charge in [-0.2, -0.15) is 0 Å². The molecule has 3 heteroatoms. The van der Waals surface area contributed by atoms with E-state index in [-0.39, 0.29) is 10.6 Å². The molecule has 0 bridgehead atoms. The monoisotopic (exact) mass is 339 g/mol. The lowest BCUT2D eigenvalue weighted by atomic mass is 9.89. The van der Waals surface area contributed by atoms with Crippen LogP contribution < -0.4 is 0 Å². The van der Waals surface area contributed by atoms with Gasteiger partial charge in [0.2, 0.25) is 0 Å². The highest BCUT2D eigenvalue weighted by atomic mass is 32.1. The van der Waals surface area contributed by atoms with Crippen LogP contribution in [0.15, 0.2) is 22.3 Å². The second-order valence-electron chi connectivity index (χ2n) is 8.55. The van der Waals surface area contributed by atoms with Crippen LogP contribution in [0.25, 0.3) is 0 Å². The van der Waals surface area contributed by atoms with Gasteiger partial charge in [0.05, 0.1) is 0 Å². The summed E-state index contributed by atoms with van der Waals surface area (Å²) < 4.78 is 2.43. The molecule has 1 aliphatic rings. The van der Waals surface area contributed by atoms with Gasteiger partial charge in [-0.3, -0.25) is 3.97 Å². The molecule has 0 heterocycles. The highest BCUT2D eigenvalue weighted by Gasteiger charge is 2.56. The van der Waals surface area contributed by atoms with Gasteiger partial charge in [0, 0.05) is 10.6 Å². The Kier molecular flexibility index (Phi) is 5.91. The molecule has 0 fully saturated rings. The number of thiol groups is 1. The molecule has 0 saturated carbocycles. The Labute approximate surface area is 145 Å². The molecule has 0 aromatic carbocycles. The van der Waals surface area contributed by atoms with Crippen LogP contribution in [0.3, 0.4) is 0 Å². The molecule has 1 aliphatic carbocycles. The minimum atomic E-state index is -1.82. The Morgan fingerprint density at radius 3 is 1.73 bits per heavy atom. The lowest BCUT2D eigenvalue weighted by molar-refractivity contribution is 0.367. The fourth-order valence-electron chi connectivity index (χ4n) is 4.54. The van der Waals surface area contributed by atoms with Crippen molar-refractivity contribution in [3.63, 3.8) is 0 Å². The molecule has 0 saturated heterocycles. The largest absolute Gasteiger partial charge is 0.268 e. The lowest BCUT2D eigenvalue weighted by Gasteiger charge is -2.54. The molecule has 0 N–H and O–H groups in total. The Hall–Kier alpha value is 0.00688. The normalized spacial score (nSPS) is 19.6. The van der Waals surface area contributed by atoms with Gasteiger partial charge in [0.1, 0.15) is 8.24 Å². The number of rotatable bonds is 5. The summed E-state index contributed by atoms with van der Waals surface area (Å²) in [7, 11) is -1.82. The second kappa shape index (κ2) is 6.49. The van der Waals surface area contributed by atoms with Crippen molar-refractivity contribution < 1.29 is 0 Å².